The van der Waals surface area contributed by atoms with E-state index in [4.69, 9.17) is 5.73 Å². The predicted molar refractivity (Wildman–Crippen MR) is 77.0 cm³/mol. The summed E-state index contributed by atoms with van der Waals surface area (Å²) in [5.41, 5.74) is 6.47. The molecule has 2 atom stereocenters. The van der Waals surface area contributed by atoms with Crippen LogP contribution < -0.4 is 11.1 Å². The second-order valence-electron chi connectivity index (χ2n) is 5.89. The monoisotopic (exact) mass is 264 g/mol. The summed E-state index contributed by atoms with van der Waals surface area (Å²) in [6, 6.07) is 0. The van der Waals surface area contributed by atoms with E-state index < -0.39 is 0 Å². The molecular weight excluding hydrogens is 240 g/mol. The Labute approximate surface area is 114 Å². The van der Waals surface area contributed by atoms with Crippen LogP contribution in [0, 0.1) is 19.8 Å². The lowest BCUT2D eigenvalue weighted by molar-refractivity contribution is 0.149. The van der Waals surface area contributed by atoms with Gasteiger partial charge in [0.1, 0.15) is 17.5 Å². The van der Waals surface area contributed by atoms with Crippen molar-refractivity contribution >= 4 is 11.6 Å². The number of nitrogens with zero attached hydrogens (tertiary/aromatic N) is 2. The van der Waals surface area contributed by atoms with Gasteiger partial charge in [0, 0.05) is 5.56 Å². The van der Waals surface area contributed by atoms with Crippen molar-refractivity contribution in [3.8, 4) is 0 Å². The highest BCUT2D eigenvalue weighted by Crippen LogP contribution is 2.35. The van der Waals surface area contributed by atoms with E-state index in [1.165, 1.54) is 6.42 Å². The number of aromatic nitrogens is 2. The first-order valence-corrected chi connectivity index (χ1v) is 6.95. The first kappa shape index (κ1) is 14.1. The van der Waals surface area contributed by atoms with Crippen LogP contribution in [0.3, 0.4) is 0 Å². The molecule has 0 aliphatic heterocycles. The average molecular weight is 264 g/mol. The van der Waals surface area contributed by atoms with Crippen molar-refractivity contribution in [2.75, 3.05) is 17.7 Å². The van der Waals surface area contributed by atoms with Gasteiger partial charge in [0.25, 0.3) is 0 Å². The van der Waals surface area contributed by atoms with Gasteiger partial charge in [-0.2, -0.15) is 0 Å². The van der Waals surface area contributed by atoms with Crippen molar-refractivity contribution in [3.05, 3.63) is 11.4 Å². The Bertz CT molecular complexity index is 463. The lowest BCUT2D eigenvalue weighted by atomic mass is 9.77. The summed E-state index contributed by atoms with van der Waals surface area (Å²) in [5.74, 6) is 2.54. The van der Waals surface area contributed by atoms with Crippen LogP contribution in [-0.4, -0.2) is 27.2 Å². The van der Waals surface area contributed by atoms with Crippen LogP contribution >= 0.6 is 0 Å². The Morgan fingerprint density at radius 2 is 2.16 bits per heavy atom. The topological polar surface area (TPSA) is 84.1 Å². The quantitative estimate of drug-likeness (QED) is 0.778. The molecule has 5 heteroatoms. The normalized spacial score (nSPS) is 27.3. The third-order valence-electron chi connectivity index (χ3n) is 4.07. The number of nitrogen functional groups attached to an aromatic ring is 1. The maximum atomic E-state index is 9.81. The molecule has 1 aromatic rings. The van der Waals surface area contributed by atoms with E-state index in [0.717, 1.165) is 30.6 Å². The van der Waals surface area contributed by atoms with E-state index in [1.54, 1.807) is 0 Å². The molecule has 0 amide bonds. The van der Waals surface area contributed by atoms with E-state index in [0.29, 0.717) is 17.6 Å². The lowest BCUT2D eigenvalue weighted by Gasteiger charge is -2.40. The molecule has 0 spiro atoms. The molecule has 1 aliphatic carbocycles. The number of hydrogen-bond donors (Lipinski definition) is 3. The maximum absolute atomic E-state index is 9.81. The van der Waals surface area contributed by atoms with Gasteiger partial charge in [0.15, 0.2) is 0 Å². The smallest absolute Gasteiger partial charge is 0.135 e. The van der Waals surface area contributed by atoms with Gasteiger partial charge in [-0.25, -0.2) is 9.97 Å². The SMILES string of the molecule is Cc1nc(N)c(C)c(NC2(CO)CCCC(C)C2)n1. The van der Waals surface area contributed by atoms with E-state index >= 15 is 0 Å². The van der Waals surface area contributed by atoms with Gasteiger partial charge in [-0.15, -0.1) is 0 Å². The molecular formula is C14H24N4O. The van der Waals surface area contributed by atoms with Gasteiger partial charge in [-0.1, -0.05) is 19.8 Å². The Morgan fingerprint density at radius 3 is 2.79 bits per heavy atom. The highest BCUT2D eigenvalue weighted by molar-refractivity contribution is 5.56. The molecule has 0 radical (unpaired) electrons. The number of nitrogens with two attached hydrogens (primary N) is 1. The van der Waals surface area contributed by atoms with Crippen LogP contribution in [0.5, 0.6) is 0 Å². The molecule has 5 nitrogen and oxygen atoms in total. The summed E-state index contributed by atoms with van der Waals surface area (Å²) in [6.07, 6.45) is 4.29. The van der Waals surface area contributed by atoms with Gasteiger partial charge >= 0.3 is 0 Å². The molecule has 0 aromatic carbocycles. The van der Waals surface area contributed by atoms with Crippen LogP contribution in [0.25, 0.3) is 0 Å². The number of aryl methyl sites for hydroxylation is 1. The van der Waals surface area contributed by atoms with Gasteiger partial charge in [-0.05, 0) is 32.6 Å². The van der Waals surface area contributed by atoms with E-state index in [9.17, 15) is 5.11 Å². The van der Waals surface area contributed by atoms with Crippen LogP contribution in [0.2, 0.25) is 0 Å². The van der Waals surface area contributed by atoms with Gasteiger partial charge in [0.05, 0.1) is 12.1 Å². The zero-order valence-electron chi connectivity index (χ0n) is 12.0. The largest absolute Gasteiger partial charge is 0.394 e. The molecule has 2 unspecified atom stereocenters. The van der Waals surface area contributed by atoms with Crippen LogP contribution in [0.15, 0.2) is 0 Å². The Hall–Kier alpha value is -1.36. The van der Waals surface area contributed by atoms with Crippen LogP contribution in [0.4, 0.5) is 11.6 Å². The minimum atomic E-state index is -0.268. The number of aliphatic hydroxyl groups is 1. The summed E-state index contributed by atoms with van der Waals surface area (Å²) in [7, 11) is 0. The van der Waals surface area contributed by atoms with Crippen molar-refractivity contribution < 1.29 is 5.11 Å². The summed E-state index contributed by atoms with van der Waals surface area (Å²) < 4.78 is 0. The number of nitrogens with one attached hydrogen (secondary N) is 1. The number of hydrogen-bond acceptors (Lipinski definition) is 5. The second kappa shape index (κ2) is 5.33. The van der Waals surface area contributed by atoms with Crippen molar-refractivity contribution in [1.82, 2.24) is 9.97 Å². The first-order chi connectivity index (χ1) is 8.96. The summed E-state index contributed by atoms with van der Waals surface area (Å²) in [6.45, 7) is 6.10. The van der Waals surface area contributed by atoms with Crippen molar-refractivity contribution in [1.29, 1.82) is 0 Å². The molecule has 2 rings (SSSR count). The van der Waals surface area contributed by atoms with Crippen LogP contribution in [-0.2, 0) is 0 Å². The molecule has 19 heavy (non-hydrogen) atoms. The fourth-order valence-corrected chi connectivity index (χ4v) is 2.98. The number of anilines is 2. The minimum Gasteiger partial charge on any atom is -0.394 e. The van der Waals surface area contributed by atoms with E-state index in [2.05, 4.69) is 22.2 Å². The minimum absolute atomic E-state index is 0.125. The predicted octanol–water partition coefficient (Wildman–Crippen LogP) is 2.03. The fourth-order valence-electron chi connectivity index (χ4n) is 2.98. The molecule has 1 aliphatic rings. The fraction of sp³-hybridized carbons (Fsp3) is 0.714. The zero-order valence-corrected chi connectivity index (χ0v) is 12.0. The zero-order chi connectivity index (χ0) is 14.0. The average Bonchev–Trinajstić information content (AvgIpc) is 2.35. The first-order valence-electron chi connectivity index (χ1n) is 6.95. The van der Waals surface area contributed by atoms with E-state index in [1.807, 2.05) is 13.8 Å². The Morgan fingerprint density at radius 1 is 1.42 bits per heavy atom. The number of rotatable bonds is 3. The molecule has 1 heterocycles. The second-order valence-corrected chi connectivity index (χ2v) is 5.89. The Kier molecular flexibility index (Phi) is 3.94. The maximum Gasteiger partial charge on any atom is 0.135 e. The van der Waals surface area contributed by atoms with Gasteiger partial charge < -0.3 is 16.2 Å². The molecule has 1 fully saturated rings. The van der Waals surface area contributed by atoms with Crippen molar-refractivity contribution in [2.45, 2.75) is 52.0 Å². The molecule has 0 saturated heterocycles. The lowest BCUT2D eigenvalue weighted by Crippen LogP contribution is -2.46. The summed E-state index contributed by atoms with van der Waals surface area (Å²) in [5, 5.41) is 13.3. The van der Waals surface area contributed by atoms with Gasteiger partial charge in [-0.3, -0.25) is 0 Å². The highest BCUT2D eigenvalue weighted by atomic mass is 16.3. The van der Waals surface area contributed by atoms with E-state index in [-0.39, 0.29) is 12.1 Å². The molecule has 4 N–H and O–H groups in total. The summed E-state index contributed by atoms with van der Waals surface area (Å²) in [4.78, 5) is 8.59. The molecule has 106 valence electrons. The Balaban J connectivity index is 2.27. The van der Waals surface area contributed by atoms with Crippen LogP contribution in [0.1, 0.15) is 44.0 Å². The van der Waals surface area contributed by atoms with Gasteiger partial charge in [0.2, 0.25) is 0 Å². The molecule has 1 aromatic heterocycles. The number of aliphatic hydroxyl groups excluding tert-OH is 1. The third kappa shape index (κ3) is 2.97. The highest BCUT2D eigenvalue weighted by Gasteiger charge is 2.35. The standard InChI is InChI=1S/C14H24N4O/c1-9-5-4-6-14(7-9,8-19)18-13-10(2)12(15)16-11(3)17-13/h9,19H,4-8H2,1-3H3,(H3,15,16,17,18). The van der Waals surface area contributed by atoms with Crippen molar-refractivity contribution in [3.63, 3.8) is 0 Å². The summed E-state index contributed by atoms with van der Waals surface area (Å²) >= 11 is 0. The third-order valence-corrected chi connectivity index (χ3v) is 4.07. The molecule has 0 bridgehead atoms. The van der Waals surface area contributed by atoms with Crippen molar-refractivity contribution in [2.24, 2.45) is 5.92 Å². The molecule has 1 saturated carbocycles.